The van der Waals surface area contributed by atoms with Gasteiger partial charge in [-0.2, -0.15) is 9.97 Å². The van der Waals surface area contributed by atoms with E-state index in [1.165, 1.54) is 25.7 Å². The molecule has 3 aromatic rings. The number of benzene rings is 1. The fraction of sp³-hybridized carbons (Fsp3) is 0.381. The third-order valence-electron chi connectivity index (χ3n) is 5.71. The summed E-state index contributed by atoms with van der Waals surface area (Å²) >= 11 is 0. The van der Waals surface area contributed by atoms with E-state index in [2.05, 4.69) is 30.9 Å². The zero-order chi connectivity index (χ0) is 18.9. The van der Waals surface area contributed by atoms with Gasteiger partial charge in [-0.25, -0.2) is 0 Å². The largest absolute Gasteiger partial charge is 0.367 e. The van der Waals surface area contributed by atoms with E-state index in [1.807, 2.05) is 36.5 Å². The van der Waals surface area contributed by atoms with Crippen molar-refractivity contribution in [2.24, 2.45) is 0 Å². The third kappa shape index (κ3) is 3.40. The van der Waals surface area contributed by atoms with Crippen LogP contribution in [-0.2, 0) is 0 Å². The van der Waals surface area contributed by atoms with Crippen LogP contribution >= 0.6 is 0 Å². The Kier molecular flexibility index (Phi) is 4.35. The van der Waals surface area contributed by atoms with Gasteiger partial charge in [-0.05, 0) is 68.9 Å². The summed E-state index contributed by atoms with van der Waals surface area (Å²) < 4.78 is 0. The molecule has 2 heterocycles. The number of hydrogen-bond donors (Lipinski definition) is 4. The fourth-order valence-corrected chi connectivity index (χ4v) is 3.51. The van der Waals surface area contributed by atoms with E-state index in [1.54, 1.807) is 0 Å². The standard InChI is InChI=1S/C21H24N6O/c28-20(24-15-5-2-6-15)13-7-9-16(10-8-13)25-21-26-18-17(11-12-22-18)19(27-21)23-14-3-1-4-14/h7-12,14-15H,1-6H2,(H,24,28)(H3,22,23,25,26,27). The van der Waals surface area contributed by atoms with Crippen molar-refractivity contribution < 1.29 is 4.79 Å². The molecule has 1 aromatic carbocycles. The first-order valence-electron chi connectivity index (χ1n) is 10.0. The maximum atomic E-state index is 12.2. The quantitative estimate of drug-likeness (QED) is 0.523. The van der Waals surface area contributed by atoms with E-state index >= 15 is 0 Å². The second-order valence-corrected chi connectivity index (χ2v) is 7.71. The number of nitrogens with one attached hydrogen (secondary N) is 4. The monoisotopic (exact) mass is 376 g/mol. The lowest BCUT2D eigenvalue weighted by Gasteiger charge is -2.27. The molecule has 2 aliphatic carbocycles. The Balaban J connectivity index is 1.32. The molecule has 7 nitrogen and oxygen atoms in total. The van der Waals surface area contributed by atoms with E-state index in [9.17, 15) is 4.79 Å². The van der Waals surface area contributed by atoms with Crippen molar-refractivity contribution in [1.29, 1.82) is 0 Å². The van der Waals surface area contributed by atoms with Gasteiger partial charge in [0.15, 0.2) is 0 Å². The maximum Gasteiger partial charge on any atom is 0.251 e. The van der Waals surface area contributed by atoms with Crippen LogP contribution in [0.3, 0.4) is 0 Å². The number of amides is 1. The highest BCUT2D eigenvalue weighted by Gasteiger charge is 2.21. The normalized spacial score (nSPS) is 17.0. The zero-order valence-corrected chi connectivity index (χ0v) is 15.7. The number of aromatic nitrogens is 3. The molecule has 0 aliphatic heterocycles. The molecular weight excluding hydrogens is 352 g/mol. The summed E-state index contributed by atoms with van der Waals surface area (Å²) in [7, 11) is 0. The van der Waals surface area contributed by atoms with Gasteiger partial charge in [-0.3, -0.25) is 4.79 Å². The molecule has 0 atom stereocenters. The molecule has 0 bridgehead atoms. The summed E-state index contributed by atoms with van der Waals surface area (Å²) in [6.07, 6.45) is 8.89. The molecule has 5 rings (SSSR count). The summed E-state index contributed by atoms with van der Waals surface area (Å²) in [6.45, 7) is 0. The lowest BCUT2D eigenvalue weighted by molar-refractivity contribution is 0.0917. The summed E-state index contributed by atoms with van der Waals surface area (Å²) in [5.41, 5.74) is 2.32. The first kappa shape index (κ1) is 17.0. The van der Waals surface area contributed by atoms with Gasteiger partial charge >= 0.3 is 0 Å². The van der Waals surface area contributed by atoms with Crippen LogP contribution in [0.5, 0.6) is 0 Å². The van der Waals surface area contributed by atoms with Gasteiger partial charge in [0.25, 0.3) is 5.91 Å². The van der Waals surface area contributed by atoms with E-state index in [4.69, 9.17) is 0 Å². The molecule has 0 radical (unpaired) electrons. The minimum absolute atomic E-state index is 0.00714. The maximum absolute atomic E-state index is 12.2. The molecule has 2 aromatic heterocycles. The van der Waals surface area contributed by atoms with Crippen molar-refractivity contribution in [1.82, 2.24) is 20.3 Å². The van der Waals surface area contributed by atoms with Gasteiger partial charge in [0.1, 0.15) is 11.5 Å². The predicted molar refractivity (Wildman–Crippen MR) is 110 cm³/mol. The zero-order valence-electron chi connectivity index (χ0n) is 15.7. The Morgan fingerprint density at radius 3 is 2.39 bits per heavy atom. The number of hydrogen-bond acceptors (Lipinski definition) is 5. The number of anilines is 3. The van der Waals surface area contributed by atoms with E-state index in [-0.39, 0.29) is 5.91 Å². The highest BCUT2D eigenvalue weighted by molar-refractivity contribution is 5.95. The Morgan fingerprint density at radius 2 is 1.71 bits per heavy atom. The molecule has 7 heteroatoms. The van der Waals surface area contributed by atoms with Gasteiger partial charge in [0.2, 0.25) is 5.95 Å². The minimum atomic E-state index is -0.00714. The lowest BCUT2D eigenvalue weighted by atomic mass is 9.93. The Hall–Kier alpha value is -3.09. The first-order valence-corrected chi connectivity index (χ1v) is 10.0. The molecule has 0 unspecified atom stereocenters. The Bertz CT molecular complexity index is 988. The highest BCUT2D eigenvalue weighted by Crippen LogP contribution is 2.28. The van der Waals surface area contributed by atoms with E-state index in [0.717, 1.165) is 35.4 Å². The van der Waals surface area contributed by atoms with Crippen LogP contribution < -0.4 is 16.0 Å². The SMILES string of the molecule is O=C(NC1CCC1)c1ccc(Nc2nc(NC3CCC3)c3cc[nH]c3n2)cc1. The number of carbonyl (C=O) groups is 1. The topological polar surface area (TPSA) is 94.7 Å². The predicted octanol–water partition coefficient (Wildman–Crippen LogP) is 3.95. The van der Waals surface area contributed by atoms with Crippen molar-refractivity contribution in [2.45, 2.75) is 50.6 Å². The number of nitrogens with zero attached hydrogens (tertiary/aromatic N) is 2. The Labute approximate surface area is 163 Å². The fourth-order valence-electron chi connectivity index (χ4n) is 3.51. The van der Waals surface area contributed by atoms with Gasteiger partial charge in [0, 0.05) is 29.5 Å². The van der Waals surface area contributed by atoms with Crippen molar-refractivity contribution in [3.05, 3.63) is 42.1 Å². The Morgan fingerprint density at radius 1 is 0.964 bits per heavy atom. The smallest absolute Gasteiger partial charge is 0.251 e. The van der Waals surface area contributed by atoms with Gasteiger partial charge in [-0.15, -0.1) is 0 Å². The summed E-state index contributed by atoms with van der Waals surface area (Å²) in [5, 5.41) is 10.8. The number of rotatable bonds is 6. The van der Waals surface area contributed by atoms with Crippen LogP contribution in [0.1, 0.15) is 48.9 Å². The van der Waals surface area contributed by atoms with Crippen molar-refractivity contribution in [2.75, 3.05) is 10.6 Å². The van der Waals surface area contributed by atoms with Gasteiger partial charge < -0.3 is 20.9 Å². The number of H-pyrrole nitrogens is 1. The molecule has 2 aliphatic rings. The number of fused-ring (bicyclic) bond motifs is 1. The number of aromatic amines is 1. The van der Waals surface area contributed by atoms with Crippen LogP contribution in [-0.4, -0.2) is 32.9 Å². The summed E-state index contributed by atoms with van der Waals surface area (Å²) in [6, 6.07) is 10.3. The molecule has 28 heavy (non-hydrogen) atoms. The van der Waals surface area contributed by atoms with E-state index in [0.29, 0.717) is 23.6 Å². The molecule has 2 saturated carbocycles. The second-order valence-electron chi connectivity index (χ2n) is 7.71. The van der Waals surface area contributed by atoms with Gasteiger partial charge in [0.05, 0.1) is 5.39 Å². The van der Waals surface area contributed by atoms with Crippen LogP contribution in [0.2, 0.25) is 0 Å². The lowest BCUT2D eigenvalue weighted by Crippen LogP contribution is -2.39. The average molecular weight is 376 g/mol. The summed E-state index contributed by atoms with van der Waals surface area (Å²) in [5.74, 6) is 1.38. The summed E-state index contributed by atoms with van der Waals surface area (Å²) in [4.78, 5) is 24.6. The molecule has 0 saturated heterocycles. The van der Waals surface area contributed by atoms with Crippen LogP contribution in [0.25, 0.3) is 11.0 Å². The van der Waals surface area contributed by atoms with Gasteiger partial charge in [-0.1, -0.05) is 0 Å². The molecule has 0 spiro atoms. The van der Waals surface area contributed by atoms with Crippen LogP contribution in [0, 0.1) is 0 Å². The second kappa shape index (κ2) is 7.14. The highest BCUT2D eigenvalue weighted by atomic mass is 16.1. The third-order valence-corrected chi connectivity index (χ3v) is 5.71. The molecular formula is C21H24N6O. The molecule has 2 fully saturated rings. The van der Waals surface area contributed by atoms with Crippen LogP contribution in [0.15, 0.2) is 36.5 Å². The van der Waals surface area contributed by atoms with Crippen molar-refractivity contribution in [3.63, 3.8) is 0 Å². The van der Waals surface area contributed by atoms with E-state index < -0.39 is 0 Å². The van der Waals surface area contributed by atoms with Crippen molar-refractivity contribution >= 4 is 34.4 Å². The molecule has 4 N–H and O–H groups in total. The van der Waals surface area contributed by atoms with Crippen molar-refractivity contribution in [3.8, 4) is 0 Å². The molecule has 144 valence electrons. The first-order chi connectivity index (χ1) is 13.7. The minimum Gasteiger partial charge on any atom is -0.367 e. The van der Waals surface area contributed by atoms with Crippen LogP contribution in [0.4, 0.5) is 17.5 Å². The average Bonchev–Trinajstić information content (AvgIpc) is 3.10. The molecule has 1 amide bonds. The number of carbonyl (C=O) groups excluding carboxylic acids is 1.